The number of methoxy groups -OCH3 is 1. The van der Waals surface area contributed by atoms with Crippen molar-refractivity contribution in [3.63, 3.8) is 0 Å². The predicted octanol–water partition coefficient (Wildman–Crippen LogP) is 5.02. The van der Waals surface area contributed by atoms with Gasteiger partial charge in [0.2, 0.25) is 0 Å². The summed E-state index contributed by atoms with van der Waals surface area (Å²) in [4.78, 5) is 23.1. The second-order valence-electron chi connectivity index (χ2n) is 9.31. The monoisotopic (exact) mass is 572 g/mol. The van der Waals surface area contributed by atoms with Crippen LogP contribution in [0.4, 0.5) is 27.6 Å². The molecule has 0 atom stereocenters. The fourth-order valence-electron chi connectivity index (χ4n) is 4.76. The molecule has 0 bridgehead atoms. The van der Waals surface area contributed by atoms with Crippen molar-refractivity contribution in [2.45, 2.75) is 49.7 Å². The second kappa shape index (κ2) is 8.76. The van der Waals surface area contributed by atoms with Gasteiger partial charge in [-0.3, -0.25) is 9.79 Å². The van der Waals surface area contributed by atoms with Crippen molar-refractivity contribution in [1.29, 1.82) is 0 Å². The van der Waals surface area contributed by atoms with Crippen LogP contribution in [0.15, 0.2) is 33.7 Å². The molecule has 6 nitrogen and oxygen atoms in total. The highest BCUT2D eigenvalue weighted by Gasteiger charge is 2.52. The number of rotatable bonds is 5. The molecule has 0 unspecified atom stereocenters. The molecule has 1 spiro atoms. The van der Waals surface area contributed by atoms with Crippen LogP contribution in [0, 0.1) is 5.82 Å². The van der Waals surface area contributed by atoms with Crippen molar-refractivity contribution in [3.8, 4) is 0 Å². The molecule has 5 rings (SSSR count). The van der Waals surface area contributed by atoms with E-state index >= 15 is 4.39 Å². The zero-order valence-corrected chi connectivity index (χ0v) is 20.8. The molecule has 1 aromatic heterocycles. The van der Waals surface area contributed by atoms with Gasteiger partial charge in [0.1, 0.15) is 22.9 Å². The Morgan fingerprint density at radius 2 is 1.86 bits per heavy atom. The number of anilines is 1. The van der Waals surface area contributed by atoms with Gasteiger partial charge in [-0.15, -0.1) is 0 Å². The molecule has 1 N–H and O–H groups in total. The van der Waals surface area contributed by atoms with Gasteiger partial charge in [0.15, 0.2) is 5.67 Å². The molecule has 3 heterocycles. The van der Waals surface area contributed by atoms with Gasteiger partial charge >= 0.3 is 6.18 Å². The number of halogens is 6. The fourth-order valence-corrected chi connectivity index (χ4v) is 5.17. The number of nitrogens with zero attached hydrogens (tertiary/aromatic N) is 3. The fraction of sp³-hybridized carbons (Fsp3) is 0.458. The van der Waals surface area contributed by atoms with Gasteiger partial charge in [-0.25, -0.2) is 13.8 Å². The van der Waals surface area contributed by atoms with Crippen LogP contribution in [0.25, 0.3) is 0 Å². The van der Waals surface area contributed by atoms with E-state index in [1.165, 1.54) is 13.2 Å². The molecule has 3 aliphatic rings. The van der Waals surface area contributed by atoms with Crippen LogP contribution in [0.1, 0.15) is 48.2 Å². The van der Waals surface area contributed by atoms with Crippen LogP contribution in [0.2, 0.25) is 0 Å². The standard InChI is InChI=1S/C24H22BrF5N4O2/c1-36-12-15-16(26)10-13(25)11-17(15)34-8-6-23(7-9-34)21(35)32-20(33-23)14-2-3-18(24(28,29)30)31-19(14)22(27)4-5-22/h2-3,10-11H,4-9,12H2,1H3,(H,32,33,35). The highest BCUT2D eigenvalue weighted by atomic mass is 79.9. The van der Waals surface area contributed by atoms with Crippen LogP contribution >= 0.6 is 15.9 Å². The van der Waals surface area contributed by atoms with Crippen LogP contribution in [0.5, 0.6) is 0 Å². The SMILES string of the molecule is COCc1c(F)cc(Br)cc1N1CCC2(CC1)N=C(c1ccc(C(F)(F)F)nc1C1(F)CC1)NC2=O. The van der Waals surface area contributed by atoms with Crippen LogP contribution in [-0.2, 0) is 28.0 Å². The van der Waals surface area contributed by atoms with Gasteiger partial charge in [-0.2, -0.15) is 13.2 Å². The Bertz CT molecular complexity index is 1250. The molecule has 0 radical (unpaired) electrons. The number of ether oxygens (including phenoxy) is 1. The highest BCUT2D eigenvalue weighted by molar-refractivity contribution is 9.10. The number of aromatic nitrogens is 1. The number of amidine groups is 1. The number of piperidine rings is 1. The molecule has 36 heavy (non-hydrogen) atoms. The predicted molar refractivity (Wildman–Crippen MR) is 125 cm³/mol. The number of alkyl halides is 4. The lowest BCUT2D eigenvalue weighted by Gasteiger charge is -2.37. The van der Waals surface area contributed by atoms with E-state index in [1.807, 2.05) is 4.90 Å². The quantitative estimate of drug-likeness (QED) is 0.511. The molecule has 1 amide bonds. The third-order valence-electron chi connectivity index (χ3n) is 6.89. The number of nitrogens with one attached hydrogen (secondary N) is 1. The summed E-state index contributed by atoms with van der Waals surface area (Å²) in [5.74, 6) is -0.783. The van der Waals surface area contributed by atoms with Crippen molar-refractivity contribution in [3.05, 3.63) is 57.1 Å². The van der Waals surface area contributed by atoms with Gasteiger partial charge in [-0.1, -0.05) is 15.9 Å². The van der Waals surface area contributed by atoms with Crippen molar-refractivity contribution < 1.29 is 31.5 Å². The molecule has 2 fully saturated rings. The molecule has 2 aromatic rings. The van der Waals surface area contributed by atoms with Crippen molar-refractivity contribution >= 4 is 33.4 Å². The van der Waals surface area contributed by atoms with E-state index in [0.29, 0.717) is 28.8 Å². The Balaban J connectivity index is 1.43. The first-order valence-electron chi connectivity index (χ1n) is 11.4. The summed E-state index contributed by atoms with van der Waals surface area (Å²) >= 11 is 3.31. The Morgan fingerprint density at radius 3 is 2.47 bits per heavy atom. The van der Waals surface area contributed by atoms with Crippen LogP contribution in [-0.4, -0.2) is 42.5 Å². The normalized spacial score (nSPS) is 20.5. The molecule has 1 saturated carbocycles. The molecular formula is C24H22BrF5N4O2. The summed E-state index contributed by atoms with van der Waals surface area (Å²) in [6, 6.07) is 5.04. The van der Waals surface area contributed by atoms with E-state index < -0.39 is 34.8 Å². The van der Waals surface area contributed by atoms with E-state index in [-0.39, 0.29) is 49.4 Å². The first-order chi connectivity index (χ1) is 17.0. The van der Waals surface area contributed by atoms with Crippen LogP contribution in [0.3, 0.4) is 0 Å². The topological polar surface area (TPSA) is 66.8 Å². The van der Waals surface area contributed by atoms with Gasteiger partial charge in [0.05, 0.1) is 12.3 Å². The summed E-state index contributed by atoms with van der Waals surface area (Å²) in [7, 11) is 1.48. The lowest BCUT2D eigenvalue weighted by molar-refractivity contribution is -0.141. The van der Waals surface area contributed by atoms with E-state index in [0.717, 1.165) is 12.1 Å². The second-order valence-corrected chi connectivity index (χ2v) is 10.2. The minimum absolute atomic E-state index is 0.0298. The van der Waals surface area contributed by atoms with Crippen molar-refractivity contribution in [1.82, 2.24) is 10.3 Å². The maximum Gasteiger partial charge on any atom is 0.433 e. The Hall–Kier alpha value is -2.60. The summed E-state index contributed by atoms with van der Waals surface area (Å²) < 4.78 is 74.9. The van der Waals surface area contributed by atoms with Gasteiger partial charge < -0.3 is 15.0 Å². The lowest BCUT2D eigenvalue weighted by atomic mass is 9.87. The third kappa shape index (κ3) is 4.38. The summed E-state index contributed by atoms with van der Waals surface area (Å²) in [6.45, 7) is 0.831. The number of pyridine rings is 1. The first-order valence-corrected chi connectivity index (χ1v) is 12.2. The molecule has 1 aliphatic carbocycles. The number of carbonyl (C=O) groups excluding carboxylic acids is 1. The molecule has 2 aliphatic heterocycles. The number of aliphatic imine (C=N–C) groups is 1. The highest BCUT2D eigenvalue weighted by Crippen LogP contribution is 2.51. The molecule has 1 aromatic carbocycles. The average molecular weight is 573 g/mol. The number of amides is 1. The largest absolute Gasteiger partial charge is 0.433 e. The first kappa shape index (κ1) is 25.1. The zero-order valence-electron chi connectivity index (χ0n) is 19.2. The van der Waals surface area contributed by atoms with E-state index in [9.17, 15) is 22.4 Å². The minimum atomic E-state index is -4.72. The Kier molecular flexibility index (Phi) is 6.10. The maximum atomic E-state index is 15.0. The lowest BCUT2D eigenvalue weighted by Crippen LogP contribution is -2.49. The van der Waals surface area contributed by atoms with Crippen molar-refractivity contribution in [2.75, 3.05) is 25.1 Å². The molecule has 1 saturated heterocycles. The van der Waals surface area contributed by atoms with Crippen LogP contribution < -0.4 is 10.2 Å². The van der Waals surface area contributed by atoms with Gasteiger partial charge in [0.25, 0.3) is 5.91 Å². The van der Waals surface area contributed by atoms with E-state index in [1.54, 1.807) is 6.07 Å². The van der Waals surface area contributed by atoms with E-state index in [2.05, 4.69) is 31.2 Å². The maximum absolute atomic E-state index is 15.0. The third-order valence-corrected chi connectivity index (χ3v) is 7.35. The van der Waals surface area contributed by atoms with Gasteiger partial charge in [-0.05, 0) is 49.9 Å². The smallest absolute Gasteiger partial charge is 0.380 e. The number of carbonyl (C=O) groups is 1. The molecule has 12 heteroatoms. The number of hydrogen-bond donors (Lipinski definition) is 1. The average Bonchev–Trinajstić information content (AvgIpc) is 3.50. The summed E-state index contributed by atoms with van der Waals surface area (Å²) in [6.07, 6.45) is -4.04. The summed E-state index contributed by atoms with van der Waals surface area (Å²) in [5, 5.41) is 2.65. The molecular weight excluding hydrogens is 551 g/mol. The van der Waals surface area contributed by atoms with Crippen molar-refractivity contribution in [2.24, 2.45) is 4.99 Å². The summed E-state index contributed by atoms with van der Waals surface area (Å²) in [5.41, 5.74) is -3.55. The molecule has 192 valence electrons. The number of benzene rings is 1. The number of hydrogen-bond acceptors (Lipinski definition) is 5. The zero-order chi connectivity index (χ0) is 25.9. The van der Waals surface area contributed by atoms with E-state index in [4.69, 9.17) is 4.74 Å². The minimum Gasteiger partial charge on any atom is -0.380 e. The Morgan fingerprint density at radius 1 is 1.17 bits per heavy atom. The van der Waals surface area contributed by atoms with Gasteiger partial charge in [0, 0.05) is 41.5 Å². The Labute approximate surface area is 212 Å².